The van der Waals surface area contributed by atoms with Gasteiger partial charge in [0, 0.05) is 31.4 Å². The van der Waals surface area contributed by atoms with Gasteiger partial charge in [0.1, 0.15) is 5.82 Å². The molecule has 0 saturated heterocycles. The molecule has 0 fully saturated rings. The van der Waals surface area contributed by atoms with Crippen molar-refractivity contribution in [3.63, 3.8) is 0 Å². The maximum absolute atomic E-state index is 6.28. The maximum atomic E-state index is 6.28. The van der Waals surface area contributed by atoms with Gasteiger partial charge in [0.25, 0.3) is 0 Å². The zero-order chi connectivity index (χ0) is 13.1. The van der Waals surface area contributed by atoms with Crippen molar-refractivity contribution in [1.82, 2.24) is 9.55 Å². The average molecular weight is 243 g/mol. The Kier molecular flexibility index (Phi) is 3.82. The highest BCUT2D eigenvalue weighted by molar-refractivity contribution is 5.31. The number of aryl methyl sites for hydroxylation is 3. The van der Waals surface area contributed by atoms with E-state index in [1.54, 1.807) is 0 Å². The molecule has 1 heterocycles. The Balaban J connectivity index is 2.16. The van der Waals surface area contributed by atoms with E-state index >= 15 is 0 Å². The molecule has 0 amide bonds. The maximum Gasteiger partial charge on any atom is 0.108 e. The Labute approximate surface area is 109 Å². The van der Waals surface area contributed by atoms with Gasteiger partial charge in [-0.1, -0.05) is 25.1 Å². The Morgan fingerprint density at radius 2 is 2.06 bits per heavy atom. The first-order valence-electron chi connectivity index (χ1n) is 6.44. The molecular formula is C15H21N3. The highest BCUT2D eigenvalue weighted by atomic mass is 15.1. The average Bonchev–Trinajstić information content (AvgIpc) is 2.79. The van der Waals surface area contributed by atoms with Gasteiger partial charge < -0.3 is 10.3 Å². The first kappa shape index (κ1) is 12.8. The first-order chi connectivity index (χ1) is 8.61. The van der Waals surface area contributed by atoms with Crippen LogP contribution in [0.15, 0.2) is 30.6 Å². The second-order valence-corrected chi connectivity index (χ2v) is 4.80. The summed E-state index contributed by atoms with van der Waals surface area (Å²) >= 11 is 0. The Morgan fingerprint density at radius 1 is 1.28 bits per heavy atom. The molecule has 0 saturated carbocycles. The lowest BCUT2D eigenvalue weighted by Gasteiger charge is -2.16. The van der Waals surface area contributed by atoms with Crippen LogP contribution in [0, 0.1) is 13.8 Å². The third-order valence-electron chi connectivity index (χ3n) is 3.47. The van der Waals surface area contributed by atoms with Crippen LogP contribution in [0.5, 0.6) is 0 Å². The molecule has 18 heavy (non-hydrogen) atoms. The first-order valence-corrected chi connectivity index (χ1v) is 6.44. The van der Waals surface area contributed by atoms with Crippen molar-refractivity contribution in [2.75, 3.05) is 0 Å². The predicted octanol–water partition coefficient (Wildman–Crippen LogP) is 2.76. The van der Waals surface area contributed by atoms with Crippen LogP contribution in [0.4, 0.5) is 0 Å². The van der Waals surface area contributed by atoms with Crippen LogP contribution < -0.4 is 5.73 Å². The highest BCUT2D eigenvalue weighted by Crippen LogP contribution is 2.17. The van der Waals surface area contributed by atoms with Crippen LogP contribution >= 0.6 is 0 Å². The van der Waals surface area contributed by atoms with E-state index in [4.69, 9.17) is 5.73 Å². The molecule has 3 nitrogen and oxygen atoms in total. The van der Waals surface area contributed by atoms with Gasteiger partial charge in [0.05, 0.1) is 0 Å². The monoisotopic (exact) mass is 243 g/mol. The van der Waals surface area contributed by atoms with Gasteiger partial charge in [-0.2, -0.15) is 0 Å². The number of benzene rings is 1. The molecule has 0 bridgehead atoms. The molecule has 0 aliphatic carbocycles. The number of nitrogens with zero attached hydrogens (tertiary/aromatic N) is 2. The van der Waals surface area contributed by atoms with E-state index in [9.17, 15) is 0 Å². The predicted molar refractivity (Wildman–Crippen MR) is 74.4 cm³/mol. The van der Waals surface area contributed by atoms with Gasteiger partial charge in [-0.05, 0) is 30.5 Å². The van der Waals surface area contributed by atoms with Crippen molar-refractivity contribution in [3.05, 3.63) is 53.1 Å². The topological polar surface area (TPSA) is 43.8 Å². The summed E-state index contributed by atoms with van der Waals surface area (Å²) in [5.41, 5.74) is 10.1. The quantitative estimate of drug-likeness (QED) is 0.897. The molecule has 0 radical (unpaired) electrons. The summed E-state index contributed by atoms with van der Waals surface area (Å²) in [4.78, 5) is 4.32. The molecule has 1 atom stereocenters. The molecule has 96 valence electrons. The molecule has 1 aromatic heterocycles. The summed E-state index contributed by atoms with van der Waals surface area (Å²) in [6, 6.07) is 6.46. The molecule has 2 rings (SSSR count). The van der Waals surface area contributed by atoms with Crippen LogP contribution in [0.1, 0.15) is 35.5 Å². The van der Waals surface area contributed by atoms with Gasteiger partial charge >= 0.3 is 0 Å². The Hall–Kier alpha value is -1.61. The zero-order valence-corrected chi connectivity index (χ0v) is 11.4. The van der Waals surface area contributed by atoms with E-state index in [1.807, 2.05) is 12.4 Å². The van der Waals surface area contributed by atoms with Crippen LogP contribution in [-0.4, -0.2) is 9.55 Å². The lowest BCUT2D eigenvalue weighted by Crippen LogP contribution is -2.18. The summed E-state index contributed by atoms with van der Waals surface area (Å²) in [5.74, 6) is 1.09. The summed E-state index contributed by atoms with van der Waals surface area (Å²) in [7, 11) is 0. The van der Waals surface area contributed by atoms with Crippen LogP contribution in [0.2, 0.25) is 0 Å². The molecular weight excluding hydrogens is 222 g/mol. The van der Waals surface area contributed by atoms with Crippen molar-refractivity contribution in [3.8, 4) is 0 Å². The van der Waals surface area contributed by atoms with E-state index in [0.717, 1.165) is 18.8 Å². The van der Waals surface area contributed by atoms with Crippen molar-refractivity contribution in [2.45, 2.75) is 39.8 Å². The normalized spacial score (nSPS) is 12.7. The van der Waals surface area contributed by atoms with Gasteiger partial charge in [-0.15, -0.1) is 0 Å². The number of rotatable bonds is 4. The third kappa shape index (κ3) is 2.62. The summed E-state index contributed by atoms with van der Waals surface area (Å²) in [6.07, 6.45) is 4.78. The molecule has 2 N–H and O–H groups in total. The van der Waals surface area contributed by atoms with E-state index in [0.29, 0.717) is 0 Å². The van der Waals surface area contributed by atoms with Crippen LogP contribution in [0.25, 0.3) is 0 Å². The van der Waals surface area contributed by atoms with Crippen molar-refractivity contribution < 1.29 is 0 Å². The molecule has 0 aliphatic rings. The van der Waals surface area contributed by atoms with Crippen LogP contribution in [-0.2, 0) is 13.0 Å². The van der Waals surface area contributed by atoms with Crippen molar-refractivity contribution in [2.24, 2.45) is 5.73 Å². The Morgan fingerprint density at radius 3 is 2.72 bits per heavy atom. The second-order valence-electron chi connectivity index (χ2n) is 4.80. The minimum Gasteiger partial charge on any atom is -0.333 e. The standard InChI is InChI=1S/C15H21N3/c1-4-15-17-7-8-18(15)10-14(16)13-6-5-11(2)12(3)9-13/h5-9,14H,4,10,16H2,1-3H3. The zero-order valence-electron chi connectivity index (χ0n) is 11.4. The fourth-order valence-corrected chi connectivity index (χ4v) is 2.13. The minimum atomic E-state index is 0.0174. The minimum absolute atomic E-state index is 0.0174. The third-order valence-corrected chi connectivity index (χ3v) is 3.47. The molecule has 2 aromatic rings. The largest absolute Gasteiger partial charge is 0.333 e. The van der Waals surface area contributed by atoms with E-state index in [-0.39, 0.29) is 6.04 Å². The van der Waals surface area contributed by atoms with Crippen molar-refractivity contribution >= 4 is 0 Å². The number of hydrogen-bond acceptors (Lipinski definition) is 2. The van der Waals surface area contributed by atoms with Crippen LogP contribution in [0.3, 0.4) is 0 Å². The Bertz CT molecular complexity index is 528. The lowest BCUT2D eigenvalue weighted by molar-refractivity contribution is 0.557. The van der Waals surface area contributed by atoms with E-state index in [2.05, 4.69) is 48.5 Å². The molecule has 1 aromatic carbocycles. The van der Waals surface area contributed by atoms with Gasteiger partial charge in [0.15, 0.2) is 0 Å². The highest BCUT2D eigenvalue weighted by Gasteiger charge is 2.09. The molecule has 1 unspecified atom stereocenters. The molecule has 3 heteroatoms. The smallest absolute Gasteiger partial charge is 0.108 e. The summed E-state index contributed by atoms with van der Waals surface area (Å²) in [5, 5.41) is 0. The van der Waals surface area contributed by atoms with E-state index < -0.39 is 0 Å². The van der Waals surface area contributed by atoms with E-state index in [1.165, 1.54) is 16.7 Å². The molecule has 0 aliphatic heterocycles. The lowest BCUT2D eigenvalue weighted by atomic mass is 10.0. The van der Waals surface area contributed by atoms with Gasteiger partial charge in [-0.3, -0.25) is 0 Å². The summed E-state index contributed by atoms with van der Waals surface area (Å²) in [6.45, 7) is 7.14. The van der Waals surface area contributed by atoms with Crippen molar-refractivity contribution in [1.29, 1.82) is 0 Å². The number of hydrogen-bond donors (Lipinski definition) is 1. The second kappa shape index (κ2) is 5.36. The number of aromatic nitrogens is 2. The van der Waals surface area contributed by atoms with Gasteiger partial charge in [0.2, 0.25) is 0 Å². The summed E-state index contributed by atoms with van der Waals surface area (Å²) < 4.78 is 2.14. The number of imidazole rings is 1. The molecule has 0 spiro atoms. The SMILES string of the molecule is CCc1nccn1CC(N)c1ccc(C)c(C)c1. The fraction of sp³-hybridized carbons (Fsp3) is 0.400. The number of nitrogens with two attached hydrogens (primary N) is 1. The fourth-order valence-electron chi connectivity index (χ4n) is 2.13. The van der Waals surface area contributed by atoms with Gasteiger partial charge in [-0.25, -0.2) is 4.98 Å².